The predicted octanol–water partition coefficient (Wildman–Crippen LogP) is 2.45. The molecule has 0 unspecified atom stereocenters. The van der Waals surface area contributed by atoms with Crippen LogP contribution in [0.5, 0.6) is 0 Å². The van der Waals surface area contributed by atoms with E-state index in [9.17, 15) is 4.79 Å². The maximum absolute atomic E-state index is 12.0. The van der Waals surface area contributed by atoms with E-state index in [-0.39, 0.29) is 5.91 Å². The Bertz CT molecular complexity index is 677. The van der Waals surface area contributed by atoms with Crippen molar-refractivity contribution in [2.75, 3.05) is 5.32 Å². The van der Waals surface area contributed by atoms with E-state index in [1.54, 1.807) is 6.07 Å². The number of aromatic nitrogens is 3. The molecule has 0 radical (unpaired) electrons. The number of rotatable bonds is 2. The average molecular weight is 240 g/mol. The van der Waals surface area contributed by atoms with Crippen molar-refractivity contribution in [3.8, 4) is 0 Å². The summed E-state index contributed by atoms with van der Waals surface area (Å²) in [5.74, 6) is 0.328. The first-order valence-electron chi connectivity index (χ1n) is 5.63. The number of amides is 1. The second-order valence-electron chi connectivity index (χ2n) is 4.16. The highest BCUT2D eigenvalue weighted by molar-refractivity contribution is 6.05. The fourth-order valence-corrected chi connectivity index (χ4v) is 1.86. The summed E-state index contributed by atoms with van der Waals surface area (Å²) in [7, 11) is 0. The van der Waals surface area contributed by atoms with E-state index in [1.165, 1.54) is 0 Å². The van der Waals surface area contributed by atoms with Gasteiger partial charge in [0.05, 0.1) is 0 Å². The lowest BCUT2D eigenvalue weighted by Gasteiger charge is -1.97. The number of aryl methyl sites for hydroxylation is 1. The minimum atomic E-state index is -0.197. The summed E-state index contributed by atoms with van der Waals surface area (Å²) in [5, 5.41) is 10.5. The molecule has 0 bridgehead atoms. The van der Waals surface area contributed by atoms with Crippen LogP contribution in [0.1, 0.15) is 16.2 Å². The van der Waals surface area contributed by atoms with Gasteiger partial charge in [-0.05, 0) is 19.1 Å². The molecule has 1 amide bonds. The molecule has 0 aliphatic heterocycles. The fourth-order valence-electron chi connectivity index (χ4n) is 1.86. The lowest BCUT2D eigenvalue weighted by atomic mass is 10.2. The van der Waals surface area contributed by atoms with Gasteiger partial charge in [-0.2, -0.15) is 5.10 Å². The van der Waals surface area contributed by atoms with Crippen LogP contribution in [0.15, 0.2) is 36.4 Å². The van der Waals surface area contributed by atoms with Gasteiger partial charge in [0.1, 0.15) is 5.69 Å². The van der Waals surface area contributed by atoms with Gasteiger partial charge in [0.15, 0.2) is 5.82 Å². The number of fused-ring (bicyclic) bond motifs is 1. The molecule has 90 valence electrons. The smallest absolute Gasteiger partial charge is 0.273 e. The zero-order chi connectivity index (χ0) is 12.5. The molecule has 0 aliphatic carbocycles. The molecule has 0 saturated heterocycles. The first-order chi connectivity index (χ1) is 8.72. The van der Waals surface area contributed by atoms with Crippen LogP contribution < -0.4 is 5.32 Å². The average Bonchev–Trinajstić information content (AvgIpc) is 2.95. The molecule has 1 aromatic carbocycles. The molecule has 0 spiro atoms. The monoisotopic (exact) mass is 240 g/mol. The van der Waals surface area contributed by atoms with Crippen LogP contribution in [-0.2, 0) is 0 Å². The number of nitrogens with zero attached hydrogens (tertiary/aromatic N) is 1. The van der Waals surface area contributed by atoms with Crippen molar-refractivity contribution in [3.05, 3.63) is 47.8 Å². The van der Waals surface area contributed by atoms with E-state index in [0.717, 1.165) is 16.6 Å². The normalized spacial score (nSPS) is 10.7. The van der Waals surface area contributed by atoms with E-state index >= 15 is 0 Å². The highest BCUT2D eigenvalue weighted by Gasteiger charge is 2.10. The van der Waals surface area contributed by atoms with Gasteiger partial charge in [0.2, 0.25) is 0 Å². The molecule has 2 heterocycles. The largest absolute Gasteiger partial charge is 0.351 e. The second-order valence-corrected chi connectivity index (χ2v) is 4.16. The minimum Gasteiger partial charge on any atom is -0.351 e. The van der Waals surface area contributed by atoms with Gasteiger partial charge in [0.25, 0.3) is 5.91 Å². The van der Waals surface area contributed by atoms with Crippen LogP contribution >= 0.6 is 0 Å². The Labute approximate surface area is 103 Å². The molecule has 3 N–H and O–H groups in total. The summed E-state index contributed by atoms with van der Waals surface area (Å²) in [4.78, 5) is 15.1. The number of anilines is 1. The maximum Gasteiger partial charge on any atom is 0.273 e. The summed E-state index contributed by atoms with van der Waals surface area (Å²) in [5.41, 5.74) is 2.37. The highest BCUT2D eigenvalue weighted by atomic mass is 16.1. The summed E-state index contributed by atoms with van der Waals surface area (Å²) in [6.07, 6.45) is 0. The number of carbonyl (C=O) groups is 1. The van der Waals surface area contributed by atoms with Crippen molar-refractivity contribution in [3.63, 3.8) is 0 Å². The van der Waals surface area contributed by atoms with Crippen LogP contribution in [0.4, 0.5) is 5.82 Å². The van der Waals surface area contributed by atoms with Gasteiger partial charge in [-0.3, -0.25) is 9.89 Å². The van der Waals surface area contributed by atoms with Crippen LogP contribution in [0.2, 0.25) is 0 Å². The zero-order valence-electron chi connectivity index (χ0n) is 9.82. The molecule has 0 saturated carbocycles. The van der Waals surface area contributed by atoms with E-state index in [0.29, 0.717) is 11.5 Å². The van der Waals surface area contributed by atoms with Crippen LogP contribution in [0.3, 0.4) is 0 Å². The van der Waals surface area contributed by atoms with Crippen molar-refractivity contribution in [1.29, 1.82) is 0 Å². The number of H-pyrrole nitrogens is 2. The Kier molecular flexibility index (Phi) is 2.37. The van der Waals surface area contributed by atoms with Gasteiger partial charge in [-0.25, -0.2) is 0 Å². The van der Waals surface area contributed by atoms with E-state index in [2.05, 4.69) is 20.5 Å². The van der Waals surface area contributed by atoms with Crippen molar-refractivity contribution in [2.24, 2.45) is 0 Å². The maximum atomic E-state index is 12.0. The molecule has 3 aromatic rings. The molecular formula is C13H12N4O. The molecule has 5 nitrogen and oxygen atoms in total. The lowest BCUT2D eigenvalue weighted by Crippen LogP contribution is -2.12. The Morgan fingerprint density at radius 3 is 2.83 bits per heavy atom. The number of hydrogen-bond acceptors (Lipinski definition) is 2. The van der Waals surface area contributed by atoms with Crippen molar-refractivity contribution >= 4 is 22.6 Å². The molecule has 2 aromatic heterocycles. The number of hydrogen-bond donors (Lipinski definition) is 3. The summed E-state index contributed by atoms with van der Waals surface area (Å²) in [6, 6.07) is 11.4. The third-order valence-corrected chi connectivity index (χ3v) is 2.72. The van der Waals surface area contributed by atoms with Gasteiger partial charge >= 0.3 is 0 Å². The van der Waals surface area contributed by atoms with Gasteiger partial charge in [-0.1, -0.05) is 18.2 Å². The van der Waals surface area contributed by atoms with Gasteiger partial charge < -0.3 is 10.3 Å². The summed E-state index contributed by atoms with van der Waals surface area (Å²) in [6.45, 7) is 1.88. The number of aromatic amines is 2. The Balaban J connectivity index is 1.87. The third kappa shape index (κ3) is 1.86. The predicted molar refractivity (Wildman–Crippen MR) is 69.6 cm³/mol. The second kappa shape index (κ2) is 4.03. The van der Waals surface area contributed by atoms with Gasteiger partial charge in [-0.15, -0.1) is 0 Å². The van der Waals surface area contributed by atoms with E-state index in [1.807, 2.05) is 37.3 Å². The molecule has 0 fully saturated rings. The van der Waals surface area contributed by atoms with E-state index < -0.39 is 0 Å². The Hall–Kier alpha value is -2.56. The first kappa shape index (κ1) is 10.6. The molecule has 0 atom stereocenters. The molecule has 0 aliphatic rings. The molecule has 3 rings (SSSR count). The fraction of sp³-hybridized carbons (Fsp3) is 0.0769. The first-order valence-corrected chi connectivity index (χ1v) is 5.63. The van der Waals surface area contributed by atoms with Gasteiger partial charge in [0, 0.05) is 22.7 Å². The van der Waals surface area contributed by atoms with Crippen molar-refractivity contribution < 1.29 is 4.79 Å². The van der Waals surface area contributed by atoms with Crippen molar-refractivity contribution in [2.45, 2.75) is 6.92 Å². The SMILES string of the molecule is Cc1cc(NC(=O)c2cc3ccccc3[nH]2)n[nH]1. The number of para-hydroxylation sites is 1. The minimum absolute atomic E-state index is 0.197. The third-order valence-electron chi connectivity index (χ3n) is 2.72. The summed E-state index contributed by atoms with van der Waals surface area (Å²) >= 11 is 0. The molecule has 18 heavy (non-hydrogen) atoms. The lowest BCUT2D eigenvalue weighted by molar-refractivity contribution is 0.102. The van der Waals surface area contributed by atoms with Crippen LogP contribution in [0, 0.1) is 6.92 Å². The molecular weight excluding hydrogens is 228 g/mol. The number of benzene rings is 1. The number of nitrogens with one attached hydrogen (secondary N) is 3. The Morgan fingerprint density at radius 2 is 2.11 bits per heavy atom. The van der Waals surface area contributed by atoms with Crippen LogP contribution in [-0.4, -0.2) is 21.1 Å². The summed E-state index contributed by atoms with van der Waals surface area (Å²) < 4.78 is 0. The zero-order valence-corrected chi connectivity index (χ0v) is 9.82. The van der Waals surface area contributed by atoms with E-state index in [4.69, 9.17) is 0 Å². The number of carbonyl (C=O) groups excluding carboxylic acids is 1. The Morgan fingerprint density at radius 1 is 1.28 bits per heavy atom. The molecule has 5 heteroatoms. The van der Waals surface area contributed by atoms with Crippen molar-refractivity contribution in [1.82, 2.24) is 15.2 Å². The van der Waals surface area contributed by atoms with Crippen LogP contribution in [0.25, 0.3) is 10.9 Å². The highest BCUT2D eigenvalue weighted by Crippen LogP contribution is 2.15. The standard InChI is InChI=1S/C13H12N4O/c1-8-6-12(17-16-8)15-13(18)11-7-9-4-2-3-5-10(9)14-11/h2-7,14H,1H3,(H2,15,16,17,18). The quantitative estimate of drug-likeness (QED) is 0.643. The topological polar surface area (TPSA) is 73.6 Å².